The van der Waals surface area contributed by atoms with Crippen molar-refractivity contribution in [2.75, 3.05) is 0 Å². The average molecular weight is 268 g/mol. The molecular formula is C8H7ClFNO4S. The molecule has 8 heteroatoms. The van der Waals surface area contributed by atoms with Crippen LogP contribution in [0.4, 0.5) is 10.1 Å². The van der Waals surface area contributed by atoms with Gasteiger partial charge in [0, 0.05) is 16.7 Å². The van der Waals surface area contributed by atoms with Gasteiger partial charge < -0.3 is 0 Å². The van der Waals surface area contributed by atoms with E-state index in [0.29, 0.717) is 6.07 Å². The summed E-state index contributed by atoms with van der Waals surface area (Å²) in [7, 11) is 0.807. The van der Waals surface area contributed by atoms with Gasteiger partial charge in [-0.1, -0.05) is 6.92 Å². The number of benzene rings is 1. The Morgan fingerprint density at radius 1 is 1.50 bits per heavy atom. The molecule has 5 nitrogen and oxygen atoms in total. The molecule has 0 saturated heterocycles. The Morgan fingerprint density at radius 3 is 2.44 bits per heavy atom. The van der Waals surface area contributed by atoms with E-state index in [1.165, 1.54) is 6.92 Å². The molecule has 0 aliphatic heterocycles. The van der Waals surface area contributed by atoms with Crippen molar-refractivity contribution in [1.29, 1.82) is 0 Å². The van der Waals surface area contributed by atoms with Crippen LogP contribution in [-0.4, -0.2) is 13.3 Å². The van der Waals surface area contributed by atoms with E-state index in [1.54, 1.807) is 0 Å². The quantitative estimate of drug-likeness (QED) is 0.478. The summed E-state index contributed by atoms with van der Waals surface area (Å²) in [6, 6.07) is 1.43. The van der Waals surface area contributed by atoms with Gasteiger partial charge in [0.1, 0.15) is 5.82 Å². The SMILES string of the molecule is CCc1c(F)cc(S(=O)(=O)Cl)cc1[N+](=O)[O-]. The van der Waals surface area contributed by atoms with E-state index >= 15 is 0 Å². The fraction of sp³-hybridized carbons (Fsp3) is 0.250. The van der Waals surface area contributed by atoms with Gasteiger partial charge in [-0.2, -0.15) is 0 Å². The third kappa shape index (κ3) is 2.48. The predicted molar refractivity (Wildman–Crippen MR) is 55.5 cm³/mol. The Balaban J connectivity index is 3.59. The fourth-order valence-corrected chi connectivity index (χ4v) is 2.02. The van der Waals surface area contributed by atoms with Crippen LogP contribution in [0, 0.1) is 15.9 Å². The molecule has 0 saturated carbocycles. The van der Waals surface area contributed by atoms with Crippen molar-refractivity contribution in [3.8, 4) is 0 Å². The molecule has 0 fully saturated rings. The molecule has 0 bridgehead atoms. The maximum absolute atomic E-state index is 13.4. The molecule has 1 rings (SSSR count). The normalized spacial score (nSPS) is 11.4. The molecule has 1 aromatic rings. The molecule has 88 valence electrons. The molecule has 0 amide bonds. The van der Waals surface area contributed by atoms with Gasteiger partial charge >= 0.3 is 0 Å². The second-order valence-corrected chi connectivity index (χ2v) is 5.52. The lowest BCUT2D eigenvalue weighted by atomic mass is 10.1. The molecule has 1 aromatic carbocycles. The Labute approximate surface area is 95.4 Å². The van der Waals surface area contributed by atoms with Gasteiger partial charge in [0.15, 0.2) is 0 Å². The van der Waals surface area contributed by atoms with Gasteiger partial charge in [-0.05, 0) is 12.5 Å². The zero-order valence-corrected chi connectivity index (χ0v) is 9.68. The van der Waals surface area contributed by atoms with Crippen LogP contribution >= 0.6 is 10.7 Å². The van der Waals surface area contributed by atoms with Crippen LogP contribution in [0.2, 0.25) is 0 Å². The minimum atomic E-state index is -4.18. The Hall–Kier alpha value is -1.21. The molecular weight excluding hydrogens is 261 g/mol. The maximum atomic E-state index is 13.4. The van der Waals surface area contributed by atoms with E-state index in [9.17, 15) is 22.9 Å². The standard InChI is InChI=1S/C8H7ClFNO4S/c1-2-6-7(10)3-5(16(9,14)15)4-8(6)11(12)13/h3-4H,2H2,1H3. The Kier molecular flexibility index (Phi) is 3.49. The molecule has 16 heavy (non-hydrogen) atoms. The lowest BCUT2D eigenvalue weighted by molar-refractivity contribution is -0.385. The van der Waals surface area contributed by atoms with Gasteiger partial charge in [-0.15, -0.1) is 0 Å². The highest BCUT2D eigenvalue weighted by Gasteiger charge is 2.22. The van der Waals surface area contributed by atoms with Crippen molar-refractivity contribution in [2.24, 2.45) is 0 Å². The Morgan fingerprint density at radius 2 is 2.06 bits per heavy atom. The first-order valence-electron chi connectivity index (χ1n) is 4.18. The van der Waals surface area contributed by atoms with Crippen LogP contribution in [0.25, 0.3) is 0 Å². The molecule has 0 atom stereocenters. The fourth-order valence-electron chi connectivity index (χ4n) is 1.25. The van der Waals surface area contributed by atoms with Gasteiger partial charge in [0.25, 0.3) is 14.7 Å². The third-order valence-electron chi connectivity index (χ3n) is 1.98. The van der Waals surface area contributed by atoms with E-state index in [1.807, 2.05) is 0 Å². The average Bonchev–Trinajstić information content (AvgIpc) is 2.14. The summed E-state index contributed by atoms with van der Waals surface area (Å²) in [5.41, 5.74) is -0.726. The highest BCUT2D eigenvalue weighted by atomic mass is 35.7. The largest absolute Gasteiger partial charge is 0.276 e. The van der Waals surface area contributed by atoms with Crippen LogP contribution in [0.3, 0.4) is 0 Å². The van der Waals surface area contributed by atoms with E-state index in [0.717, 1.165) is 6.07 Å². The van der Waals surface area contributed by atoms with Gasteiger partial charge in [-0.3, -0.25) is 10.1 Å². The number of halogens is 2. The van der Waals surface area contributed by atoms with Crippen LogP contribution in [-0.2, 0) is 15.5 Å². The molecule has 0 spiro atoms. The molecule has 0 aromatic heterocycles. The summed E-state index contributed by atoms with van der Waals surface area (Å²) in [6.07, 6.45) is 0.0881. The van der Waals surface area contributed by atoms with Crippen molar-refractivity contribution in [2.45, 2.75) is 18.2 Å². The molecule has 0 radical (unpaired) electrons. The second kappa shape index (κ2) is 4.34. The topological polar surface area (TPSA) is 77.3 Å². The van der Waals surface area contributed by atoms with Crippen molar-refractivity contribution >= 4 is 25.4 Å². The first-order valence-corrected chi connectivity index (χ1v) is 6.49. The number of nitro benzene ring substituents is 1. The van der Waals surface area contributed by atoms with Gasteiger partial charge in [0.2, 0.25) is 0 Å². The van der Waals surface area contributed by atoms with Gasteiger partial charge in [-0.25, -0.2) is 12.8 Å². The number of nitro groups is 1. The molecule has 0 aliphatic rings. The van der Waals surface area contributed by atoms with Crippen molar-refractivity contribution < 1.29 is 17.7 Å². The highest BCUT2D eigenvalue weighted by Crippen LogP contribution is 2.28. The molecule has 0 aliphatic carbocycles. The van der Waals surface area contributed by atoms with Crippen LogP contribution in [0.1, 0.15) is 12.5 Å². The molecule has 0 unspecified atom stereocenters. The smallest absolute Gasteiger partial charge is 0.258 e. The predicted octanol–water partition coefficient (Wildman–Crippen LogP) is 2.22. The van der Waals surface area contributed by atoms with E-state index < -0.39 is 30.4 Å². The number of hydrogen-bond donors (Lipinski definition) is 0. The van der Waals surface area contributed by atoms with E-state index in [4.69, 9.17) is 10.7 Å². The lowest BCUT2D eigenvalue weighted by Gasteiger charge is -2.03. The monoisotopic (exact) mass is 267 g/mol. The van der Waals surface area contributed by atoms with Crippen molar-refractivity contribution in [3.63, 3.8) is 0 Å². The molecule has 0 heterocycles. The number of rotatable bonds is 3. The summed E-state index contributed by atoms with van der Waals surface area (Å²) in [6.45, 7) is 1.53. The number of nitrogens with zero attached hydrogens (tertiary/aromatic N) is 1. The van der Waals surface area contributed by atoms with Crippen LogP contribution in [0.5, 0.6) is 0 Å². The van der Waals surface area contributed by atoms with Crippen molar-refractivity contribution in [1.82, 2.24) is 0 Å². The summed E-state index contributed by atoms with van der Waals surface area (Å²) in [4.78, 5) is 9.16. The zero-order valence-electron chi connectivity index (χ0n) is 8.11. The zero-order chi connectivity index (χ0) is 12.5. The Bertz CT molecular complexity index is 543. The van der Waals surface area contributed by atoms with E-state index in [-0.39, 0.29) is 12.0 Å². The summed E-state index contributed by atoms with van der Waals surface area (Å²) >= 11 is 0. The number of hydrogen-bond acceptors (Lipinski definition) is 4. The summed E-state index contributed by atoms with van der Waals surface area (Å²) < 4.78 is 35.2. The highest BCUT2D eigenvalue weighted by molar-refractivity contribution is 8.13. The maximum Gasteiger partial charge on any atom is 0.276 e. The van der Waals surface area contributed by atoms with Crippen molar-refractivity contribution in [3.05, 3.63) is 33.6 Å². The minimum Gasteiger partial charge on any atom is -0.258 e. The summed E-state index contributed by atoms with van der Waals surface area (Å²) in [5.74, 6) is -0.948. The molecule has 0 N–H and O–H groups in total. The third-order valence-corrected chi connectivity index (χ3v) is 3.31. The first-order chi connectivity index (χ1) is 7.27. The van der Waals surface area contributed by atoms with Gasteiger partial charge in [0.05, 0.1) is 15.4 Å². The second-order valence-electron chi connectivity index (χ2n) is 2.95. The lowest BCUT2D eigenvalue weighted by Crippen LogP contribution is -2.01. The first kappa shape index (κ1) is 12.9. The summed E-state index contributed by atoms with van der Waals surface area (Å²) in [5, 5.41) is 10.6. The minimum absolute atomic E-state index is 0.0881. The van der Waals surface area contributed by atoms with Crippen LogP contribution < -0.4 is 0 Å². The van der Waals surface area contributed by atoms with E-state index in [2.05, 4.69) is 0 Å². The van der Waals surface area contributed by atoms with Crippen LogP contribution in [0.15, 0.2) is 17.0 Å².